The van der Waals surface area contributed by atoms with Crippen molar-refractivity contribution in [2.45, 2.75) is 52.7 Å². The fourth-order valence-electron chi connectivity index (χ4n) is 1.84. The van der Waals surface area contributed by atoms with Gasteiger partial charge in [-0.15, -0.1) is 11.3 Å². The molecule has 0 aliphatic carbocycles. The predicted octanol–water partition coefficient (Wildman–Crippen LogP) is 3.61. The number of thiazole rings is 1. The van der Waals surface area contributed by atoms with Gasteiger partial charge in [0.1, 0.15) is 11.1 Å². The molecule has 0 radical (unpaired) electrons. The molecule has 3 nitrogen and oxygen atoms in total. The number of nitrogens with one attached hydrogen (secondary N) is 1. The quantitative estimate of drug-likeness (QED) is 0.809. The van der Waals surface area contributed by atoms with Gasteiger partial charge in [-0.05, 0) is 34.2 Å². The minimum atomic E-state index is 0.173. The lowest BCUT2D eigenvalue weighted by atomic mass is 10.2. The third-order valence-corrected chi connectivity index (χ3v) is 4.30. The van der Waals surface area contributed by atoms with Crippen LogP contribution in [0.4, 0.5) is 0 Å². The predicted molar refractivity (Wildman–Crippen MR) is 73.6 cm³/mol. The first-order valence-corrected chi connectivity index (χ1v) is 7.21. The maximum absolute atomic E-state index is 5.78. The Morgan fingerprint density at radius 2 is 2.12 bits per heavy atom. The number of nitrogens with zero attached hydrogens (tertiary/aromatic N) is 1. The molecule has 4 heteroatoms. The lowest BCUT2D eigenvalue weighted by molar-refractivity contribution is 0.0554. The zero-order chi connectivity index (χ0) is 12.8. The van der Waals surface area contributed by atoms with E-state index < -0.39 is 0 Å². The highest BCUT2D eigenvalue weighted by Gasteiger charge is 2.19. The van der Waals surface area contributed by atoms with Crippen LogP contribution in [-0.2, 0) is 4.74 Å². The third-order valence-electron chi connectivity index (χ3n) is 2.87. The van der Waals surface area contributed by atoms with Crippen LogP contribution in [0.5, 0.6) is 0 Å². The third kappa shape index (κ3) is 3.76. The monoisotopic (exact) mass is 256 g/mol. The minimum absolute atomic E-state index is 0.173. The second kappa shape index (κ2) is 7.09. The highest BCUT2D eigenvalue weighted by Crippen LogP contribution is 2.32. The Morgan fingerprint density at radius 1 is 1.41 bits per heavy atom. The van der Waals surface area contributed by atoms with Crippen molar-refractivity contribution in [2.75, 3.05) is 13.7 Å². The number of rotatable bonds is 7. The molecule has 0 aliphatic heterocycles. The molecule has 0 spiro atoms. The van der Waals surface area contributed by atoms with E-state index in [2.05, 4.69) is 31.1 Å². The molecule has 2 atom stereocenters. The van der Waals surface area contributed by atoms with Gasteiger partial charge in [0, 0.05) is 17.5 Å². The molecule has 98 valence electrons. The fourth-order valence-corrected chi connectivity index (χ4v) is 3.05. The maximum atomic E-state index is 5.78. The lowest BCUT2D eigenvalue weighted by Gasteiger charge is -2.13. The Balaban J connectivity index is 2.89. The molecule has 1 N–H and O–H groups in total. The van der Waals surface area contributed by atoms with Gasteiger partial charge in [-0.3, -0.25) is 0 Å². The summed E-state index contributed by atoms with van der Waals surface area (Å²) in [4.78, 5) is 5.99. The standard InChI is InChI=1S/C13H24N2OS/c1-6-8-11(16-7-2)13-15-10(4)12(17-13)9(3)14-5/h9,11,14H,6-8H2,1-5H3. The zero-order valence-corrected chi connectivity index (χ0v) is 12.4. The number of aryl methyl sites for hydroxylation is 1. The van der Waals surface area contributed by atoms with Crippen molar-refractivity contribution in [1.29, 1.82) is 0 Å². The highest BCUT2D eigenvalue weighted by atomic mass is 32.1. The summed E-state index contributed by atoms with van der Waals surface area (Å²) >= 11 is 1.78. The second-order valence-electron chi connectivity index (χ2n) is 4.24. The van der Waals surface area contributed by atoms with Crippen LogP contribution < -0.4 is 5.32 Å². The zero-order valence-electron chi connectivity index (χ0n) is 11.5. The molecule has 1 aromatic rings. The van der Waals surface area contributed by atoms with Gasteiger partial charge in [-0.2, -0.15) is 0 Å². The summed E-state index contributed by atoms with van der Waals surface area (Å²) in [6.45, 7) is 9.22. The van der Waals surface area contributed by atoms with E-state index in [1.807, 2.05) is 14.0 Å². The van der Waals surface area contributed by atoms with Crippen LogP contribution in [0.25, 0.3) is 0 Å². The molecule has 0 aliphatic rings. The molecule has 0 saturated carbocycles. The van der Waals surface area contributed by atoms with Gasteiger partial charge < -0.3 is 10.1 Å². The summed E-state index contributed by atoms with van der Waals surface area (Å²) in [6.07, 6.45) is 2.35. The van der Waals surface area contributed by atoms with Crippen LogP contribution in [0.15, 0.2) is 0 Å². The second-order valence-corrected chi connectivity index (χ2v) is 5.31. The Bertz CT molecular complexity index is 332. The maximum Gasteiger partial charge on any atom is 0.122 e. The van der Waals surface area contributed by atoms with Crippen molar-refractivity contribution in [3.05, 3.63) is 15.6 Å². The number of hydrogen-bond acceptors (Lipinski definition) is 4. The summed E-state index contributed by atoms with van der Waals surface area (Å²) in [5.41, 5.74) is 1.13. The Kier molecular flexibility index (Phi) is 6.09. The van der Waals surface area contributed by atoms with Gasteiger partial charge in [-0.25, -0.2) is 4.98 Å². The number of ether oxygens (including phenoxy) is 1. The molecule has 0 aromatic carbocycles. The van der Waals surface area contributed by atoms with Crippen molar-refractivity contribution in [2.24, 2.45) is 0 Å². The van der Waals surface area contributed by atoms with E-state index in [1.54, 1.807) is 11.3 Å². The molecule has 1 heterocycles. The van der Waals surface area contributed by atoms with Crippen molar-refractivity contribution in [3.63, 3.8) is 0 Å². The molecule has 1 aromatic heterocycles. The van der Waals surface area contributed by atoms with E-state index in [4.69, 9.17) is 4.74 Å². The first-order valence-electron chi connectivity index (χ1n) is 6.40. The summed E-state index contributed by atoms with van der Waals surface area (Å²) < 4.78 is 5.78. The fraction of sp³-hybridized carbons (Fsp3) is 0.769. The molecule has 17 heavy (non-hydrogen) atoms. The average molecular weight is 256 g/mol. The molecule has 0 saturated heterocycles. The Morgan fingerprint density at radius 3 is 2.65 bits per heavy atom. The molecule has 0 fully saturated rings. The Labute approximate surface area is 109 Å². The summed E-state index contributed by atoms with van der Waals surface area (Å²) in [7, 11) is 1.98. The molecular weight excluding hydrogens is 232 g/mol. The van der Waals surface area contributed by atoms with Crippen LogP contribution in [-0.4, -0.2) is 18.6 Å². The average Bonchev–Trinajstić information content (AvgIpc) is 2.70. The highest BCUT2D eigenvalue weighted by molar-refractivity contribution is 7.11. The van der Waals surface area contributed by atoms with Crippen LogP contribution >= 0.6 is 11.3 Å². The van der Waals surface area contributed by atoms with E-state index in [0.29, 0.717) is 6.04 Å². The topological polar surface area (TPSA) is 34.1 Å². The van der Waals surface area contributed by atoms with Gasteiger partial charge in [-0.1, -0.05) is 13.3 Å². The Hall–Kier alpha value is -0.450. The normalized spacial score (nSPS) is 14.9. The van der Waals surface area contributed by atoms with Gasteiger partial charge in [0.25, 0.3) is 0 Å². The largest absolute Gasteiger partial charge is 0.371 e. The van der Waals surface area contributed by atoms with Crippen molar-refractivity contribution in [3.8, 4) is 0 Å². The van der Waals surface area contributed by atoms with Crippen molar-refractivity contribution >= 4 is 11.3 Å². The SMILES string of the molecule is CCCC(OCC)c1nc(C)c(C(C)NC)s1. The first-order chi connectivity index (χ1) is 8.13. The van der Waals surface area contributed by atoms with E-state index in [9.17, 15) is 0 Å². The van der Waals surface area contributed by atoms with E-state index >= 15 is 0 Å². The minimum Gasteiger partial charge on any atom is -0.371 e. The van der Waals surface area contributed by atoms with Crippen LogP contribution in [0.2, 0.25) is 0 Å². The van der Waals surface area contributed by atoms with Gasteiger partial charge >= 0.3 is 0 Å². The lowest BCUT2D eigenvalue weighted by Crippen LogP contribution is -2.11. The number of aromatic nitrogens is 1. The summed E-state index contributed by atoms with van der Waals surface area (Å²) in [5.74, 6) is 0. The number of hydrogen-bond donors (Lipinski definition) is 1. The molecule has 1 rings (SSSR count). The summed E-state index contributed by atoms with van der Waals surface area (Å²) in [5, 5.41) is 4.40. The van der Waals surface area contributed by atoms with Gasteiger partial charge in [0.2, 0.25) is 0 Å². The van der Waals surface area contributed by atoms with Gasteiger partial charge in [0.05, 0.1) is 5.69 Å². The molecule has 0 bridgehead atoms. The molecule has 2 unspecified atom stereocenters. The smallest absolute Gasteiger partial charge is 0.122 e. The van der Waals surface area contributed by atoms with Crippen molar-refractivity contribution < 1.29 is 4.74 Å². The first kappa shape index (κ1) is 14.6. The van der Waals surface area contributed by atoms with E-state index in [-0.39, 0.29) is 6.10 Å². The van der Waals surface area contributed by atoms with Crippen LogP contribution in [0.1, 0.15) is 61.3 Å². The molecular formula is C13H24N2OS. The van der Waals surface area contributed by atoms with E-state index in [1.165, 1.54) is 4.88 Å². The molecule has 0 amide bonds. The van der Waals surface area contributed by atoms with Crippen LogP contribution in [0.3, 0.4) is 0 Å². The van der Waals surface area contributed by atoms with Gasteiger partial charge in [0.15, 0.2) is 0 Å². The summed E-state index contributed by atoms with van der Waals surface area (Å²) in [6, 6.07) is 0.366. The van der Waals surface area contributed by atoms with E-state index in [0.717, 1.165) is 30.2 Å². The van der Waals surface area contributed by atoms with Crippen LogP contribution in [0, 0.1) is 6.92 Å². The van der Waals surface area contributed by atoms with Crippen molar-refractivity contribution in [1.82, 2.24) is 10.3 Å².